The van der Waals surface area contributed by atoms with Crippen LogP contribution in [0, 0.1) is 22.0 Å². The third kappa shape index (κ3) is 2.23. The number of rotatable bonds is 1. The van der Waals surface area contributed by atoms with Gasteiger partial charge in [-0.25, -0.2) is 0 Å². The third-order valence-corrected chi connectivity index (χ3v) is 1.58. The van der Waals surface area contributed by atoms with Crippen LogP contribution in [0.4, 0.5) is 5.69 Å². The Hall–Kier alpha value is -2.02. The molecule has 0 fully saturated rings. The van der Waals surface area contributed by atoms with Crippen molar-refractivity contribution in [3.05, 3.63) is 33.9 Å². The lowest BCUT2D eigenvalue weighted by atomic mass is 10.1. The van der Waals surface area contributed by atoms with Gasteiger partial charge in [-0.1, -0.05) is 18.8 Å². The van der Waals surface area contributed by atoms with Crippen LogP contribution in [0.1, 0.15) is 18.9 Å². The number of nitrogens with zero attached hydrogens (tertiary/aromatic N) is 1. The molecular weight excluding hydrogens is 182 g/mol. The van der Waals surface area contributed by atoms with E-state index in [1.54, 1.807) is 0 Å². The maximum atomic E-state index is 10.6. The second-order valence-electron chi connectivity index (χ2n) is 2.61. The van der Waals surface area contributed by atoms with Gasteiger partial charge in [-0.3, -0.25) is 10.1 Å². The molecule has 0 amide bonds. The van der Waals surface area contributed by atoms with Gasteiger partial charge in [0.1, 0.15) is 11.3 Å². The lowest BCUT2D eigenvalue weighted by molar-refractivity contribution is -0.385. The first-order chi connectivity index (χ1) is 6.65. The molecule has 0 spiro atoms. The molecule has 0 atom stereocenters. The largest absolute Gasteiger partial charge is 0.508 e. The summed E-state index contributed by atoms with van der Waals surface area (Å²) in [4.78, 5) is 10.0. The summed E-state index contributed by atoms with van der Waals surface area (Å²) in [6, 6.07) is 3.81. The predicted octanol–water partition coefficient (Wildman–Crippen LogP) is 2.06. The van der Waals surface area contributed by atoms with Crippen molar-refractivity contribution in [1.82, 2.24) is 0 Å². The van der Waals surface area contributed by atoms with E-state index in [1.807, 2.05) is 6.92 Å². The Morgan fingerprint density at radius 2 is 2.29 bits per heavy atom. The molecule has 1 N–H and O–H groups in total. The standard InChI is InChI=1S/C10H9NO3/c1-2-3-4-8-7-9(12)5-6-10(8)11(13)14/h5-7,12H,2H2,1H3. The SMILES string of the molecule is CCC#Cc1cc(O)ccc1[N+](=O)[O-]. The molecule has 72 valence electrons. The zero-order chi connectivity index (χ0) is 10.6. The fraction of sp³-hybridized carbons (Fsp3) is 0.200. The van der Waals surface area contributed by atoms with Crippen molar-refractivity contribution in [1.29, 1.82) is 0 Å². The van der Waals surface area contributed by atoms with Gasteiger partial charge in [-0.05, 0) is 6.07 Å². The van der Waals surface area contributed by atoms with Gasteiger partial charge in [0, 0.05) is 18.6 Å². The van der Waals surface area contributed by atoms with E-state index in [9.17, 15) is 10.1 Å². The highest BCUT2D eigenvalue weighted by Crippen LogP contribution is 2.22. The molecule has 4 heteroatoms. The van der Waals surface area contributed by atoms with Gasteiger partial charge in [0.05, 0.1) is 4.92 Å². The van der Waals surface area contributed by atoms with Crippen LogP contribution in [-0.2, 0) is 0 Å². The quantitative estimate of drug-likeness (QED) is 0.420. The molecule has 14 heavy (non-hydrogen) atoms. The summed E-state index contributed by atoms with van der Waals surface area (Å²) in [6.07, 6.45) is 0.618. The third-order valence-electron chi connectivity index (χ3n) is 1.58. The minimum atomic E-state index is -0.515. The first kappa shape index (κ1) is 10.1. The lowest BCUT2D eigenvalue weighted by Crippen LogP contribution is -1.91. The zero-order valence-electron chi connectivity index (χ0n) is 7.65. The van der Waals surface area contributed by atoms with E-state index in [4.69, 9.17) is 5.11 Å². The lowest BCUT2D eigenvalue weighted by Gasteiger charge is -1.95. The Kier molecular flexibility index (Phi) is 3.08. The maximum absolute atomic E-state index is 10.6. The fourth-order valence-corrected chi connectivity index (χ4v) is 0.967. The smallest absolute Gasteiger partial charge is 0.285 e. The molecule has 0 heterocycles. The molecule has 4 nitrogen and oxygen atoms in total. The van der Waals surface area contributed by atoms with E-state index in [2.05, 4.69) is 11.8 Å². The number of hydrogen-bond acceptors (Lipinski definition) is 3. The molecule has 0 bridgehead atoms. The molecule has 0 saturated heterocycles. The van der Waals surface area contributed by atoms with Crippen molar-refractivity contribution in [3.63, 3.8) is 0 Å². The summed E-state index contributed by atoms with van der Waals surface area (Å²) >= 11 is 0. The van der Waals surface area contributed by atoms with E-state index >= 15 is 0 Å². The molecule has 0 aromatic heterocycles. The number of nitro benzene ring substituents is 1. The van der Waals surface area contributed by atoms with Crippen molar-refractivity contribution in [2.45, 2.75) is 13.3 Å². The molecule has 1 rings (SSSR count). The van der Waals surface area contributed by atoms with Crippen molar-refractivity contribution in [2.75, 3.05) is 0 Å². The van der Waals surface area contributed by atoms with Crippen LogP contribution in [0.15, 0.2) is 18.2 Å². The van der Waals surface area contributed by atoms with Gasteiger partial charge < -0.3 is 5.11 Å². The topological polar surface area (TPSA) is 63.4 Å². The molecular formula is C10H9NO3. The number of phenolic OH excluding ortho intramolecular Hbond substituents is 1. The molecule has 0 aliphatic heterocycles. The van der Waals surface area contributed by atoms with Gasteiger partial charge in [-0.15, -0.1) is 0 Å². The number of nitro groups is 1. The van der Waals surface area contributed by atoms with Crippen LogP contribution in [0.25, 0.3) is 0 Å². The second kappa shape index (κ2) is 4.28. The van der Waals surface area contributed by atoms with E-state index in [0.717, 1.165) is 0 Å². The Morgan fingerprint density at radius 1 is 1.57 bits per heavy atom. The maximum Gasteiger partial charge on any atom is 0.285 e. The predicted molar refractivity (Wildman–Crippen MR) is 51.9 cm³/mol. The minimum absolute atomic E-state index is 0.0176. The summed E-state index contributed by atoms with van der Waals surface area (Å²) < 4.78 is 0. The first-order valence-electron chi connectivity index (χ1n) is 4.11. The van der Waals surface area contributed by atoms with Crippen LogP contribution in [-0.4, -0.2) is 10.0 Å². The second-order valence-corrected chi connectivity index (χ2v) is 2.61. The highest BCUT2D eigenvalue weighted by atomic mass is 16.6. The molecule has 0 aliphatic rings. The van der Waals surface area contributed by atoms with Gasteiger partial charge in [-0.2, -0.15) is 0 Å². The summed E-state index contributed by atoms with van der Waals surface area (Å²) in [5, 5.41) is 19.7. The normalized spacial score (nSPS) is 8.93. The monoisotopic (exact) mass is 191 g/mol. The minimum Gasteiger partial charge on any atom is -0.508 e. The van der Waals surface area contributed by atoms with Gasteiger partial charge in [0.2, 0.25) is 0 Å². The first-order valence-corrected chi connectivity index (χ1v) is 4.11. The molecule has 0 unspecified atom stereocenters. The summed E-state index contributed by atoms with van der Waals surface area (Å²) in [7, 11) is 0. The van der Waals surface area contributed by atoms with Gasteiger partial charge in [0.15, 0.2) is 0 Å². The van der Waals surface area contributed by atoms with E-state index < -0.39 is 4.92 Å². The number of hydrogen-bond donors (Lipinski definition) is 1. The summed E-state index contributed by atoms with van der Waals surface area (Å²) in [5.41, 5.74) is 0.167. The van der Waals surface area contributed by atoms with Crippen LogP contribution in [0.2, 0.25) is 0 Å². The Morgan fingerprint density at radius 3 is 2.86 bits per heavy atom. The number of benzene rings is 1. The van der Waals surface area contributed by atoms with Crippen LogP contribution >= 0.6 is 0 Å². The Bertz CT molecular complexity index is 415. The van der Waals surface area contributed by atoms with Crippen molar-refractivity contribution in [3.8, 4) is 17.6 Å². The van der Waals surface area contributed by atoms with E-state index in [0.29, 0.717) is 6.42 Å². The average Bonchev–Trinajstić information content (AvgIpc) is 2.14. The van der Waals surface area contributed by atoms with Crippen LogP contribution in [0.3, 0.4) is 0 Å². The summed E-state index contributed by atoms with van der Waals surface area (Å²) in [5.74, 6) is 5.34. The van der Waals surface area contributed by atoms with Crippen molar-refractivity contribution < 1.29 is 10.0 Å². The van der Waals surface area contributed by atoms with Gasteiger partial charge >= 0.3 is 0 Å². The van der Waals surface area contributed by atoms with E-state index in [-0.39, 0.29) is 17.0 Å². The van der Waals surface area contributed by atoms with Crippen molar-refractivity contribution in [2.24, 2.45) is 0 Å². The molecule has 1 aromatic rings. The van der Waals surface area contributed by atoms with E-state index in [1.165, 1.54) is 18.2 Å². The van der Waals surface area contributed by atoms with Crippen LogP contribution < -0.4 is 0 Å². The van der Waals surface area contributed by atoms with Crippen molar-refractivity contribution >= 4 is 5.69 Å². The fourth-order valence-electron chi connectivity index (χ4n) is 0.967. The Labute approximate surface area is 81.3 Å². The molecule has 0 aliphatic carbocycles. The molecule has 0 radical (unpaired) electrons. The zero-order valence-corrected chi connectivity index (χ0v) is 7.65. The highest BCUT2D eigenvalue weighted by Gasteiger charge is 2.11. The molecule has 1 aromatic carbocycles. The Balaban J connectivity index is 3.22. The highest BCUT2D eigenvalue weighted by molar-refractivity contribution is 5.53. The number of aromatic hydroxyl groups is 1. The molecule has 0 saturated carbocycles. The summed E-state index contributed by atoms with van der Waals surface area (Å²) in [6.45, 7) is 1.85. The number of phenols is 1. The van der Waals surface area contributed by atoms with Gasteiger partial charge in [0.25, 0.3) is 5.69 Å². The van der Waals surface area contributed by atoms with Crippen LogP contribution in [0.5, 0.6) is 5.75 Å². The average molecular weight is 191 g/mol.